The second kappa shape index (κ2) is 5.40. The highest BCUT2D eigenvalue weighted by Gasteiger charge is 1.95. The fraction of sp³-hybridized carbons (Fsp3) is 0.125. The summed E-state index contributed by atoms with van der Waals surface area (Å²) in [5, 5.41) is 2.46. The van der Waals surface area contributed by atoms with Gasteiger partial charge in [0.1, 0.15) is 0 Å². The van der Waals surface area contributed by atoms with Crippen LogP contribution in [-0.2, 0) is 6.54 Å². The predicted molar refractivity (Wildman–Crippen MR) is 54.8 cm³/mol. The van der Waals surface area contributed by atoms with Gasteiger partial charge in [0.2, 0.25) is 0 Å². The van der Waals surface area contributed by atoms with E-state index < -0.39 is 6.03 Å². The van der Waals surface area contributed by atoms with Crippen molar-refractivity contribution < 1.29 is 4.79 Å². The molecular formula is C8H12ClN3O. The Hall–Kier alpha value is -1.26. The van der Waals surface area contributed by atoms with Gasteiger partial charge >= 0.3 is 6.03 Å². The molecule has 0 saturated carbocycles. The Morgan fingerprint density at radius 3 is 2.69 bits per heavy atom. The molecular weight excluding hydrogens is 190 g/mol. The van der Waals surface area contributed by atoms with Gasteiger partial charge in [-0.05, 0) is 17.7 Å². The van der Waals surface area contributed by atoms with Crippen molar-refractivity contribution in [3.8, 4) is 0 Å². The van der Waals surface area contributed by atoms with E-state index in [1.54, 1.807) is 12.1 Å². The van der Waals surface area contributed by atoms with Gasteiger partial charge in [0.05, 0.1) is 0 Å². The fourth-order valence-electron chi connectivity index (χ4n) is 0.918. The van der Waals surface area contributed by atoms with Crippen LogP contribution in [0.25, 0.3) is 0 Å². The first-order valence-electron chi connectivity index (χ1n) is 3.58. The lowest BCUT2D eigenvalue weighted by atomic mass is 10.2. The smallest absolute Gasteiger partial charge is 0.316 e. The number of benzene rings is 1. The van der Waals surface area contributed by atoms with E-state index in [0.29, 0.717) is 12.2 Å². The number of carbonyl (C=O) groups is 1. The Labute approximate surface area is 82.7 Å². The van der Waals surface area contributed by atoms with Crippen LogP contribution >= 0.6 is 12.4 Å². The summed E-state index contributed by atoms with van der Waals surface area (Å²) in [5.41, 5.74) is 12.0. The first-order chi connectivity index (χ1) is 5.72. The second-order valence-corrected chi connectivity index (χ2v) is 2.39. The Kier molecular flexibility index (Phi) is 4.87. The van der Waals surface area contributed by atoms with Crippen LogP contribution in [0.3, 0.4) is 0 Å². The zero-order chi connectivity index (χ0) is 8.97. The SMILES string of the molecule is Cl.NCc1cccc(NC(N)=O)c1. The van der Waals surface area contributed by atoms with Crippen LogP contribution in [0, 0.1) is 0 Å². The van der Waals surface area contributed by atoms with Gasteiger partial charge in [-0.3, -0.25) is 0 Å². The van der Waals surface area contributed by atoms with Crippen LogP contribution in [0.1, 0.15) is 5.56 Å². The Balaban J connectivity index is 0.00000144. The maximum absolute atomic E-state index is 10.4. The van der Waals surface area contributed by atoms with E-state index in [4.69, 9.17) is 11.5 Å². The first-order valence-corrected chi connectivity index (χ1v) is 3.58. The van der Waals surface area contributed by atoms with Gasteiger partial charge in [-0.1, -0.05) is 12.1 Å². The molecule has 4 nitrogen and oxygen atoms in total. The Morgan fingerprint density at radius 1 is 1.46 bits per heavy atom. The van der Waals surface area contributed by atoms with Gasteiger partial charge in [0.25, 0.3) is 0 Å². The molecule has 0 aliphatic heterocycles. The van der Waals surface area contributed by atoms with E-state index in [9.17, 15) is 4.79 Å². The molecule has 1 aromatic rings. The average Bonchev–Trinajstić information content (AvgIpc) is 2.03. The van der Waals surface area contributed by atoms with E-state index >= 15 is 0 Å². The number of hydrogen-bond donors (Lipinski definition) is 3. The summed E-state index contributed by atoms with van der Waals surface area (Å²) in [4.78, 5) is 10.4. The van der Waals surface area contributed by atoms with E-state index in [1.165, 1.54) is 0 Å². The summed E-state index contributed by atoms with van der Waals surface area (Å²) in [6.07, 6.45) is 0. The minimum atomic E-state index is -0.566. The molecule has 0 aromatic heterocycles. The number of urea groups is 1. The van der Waals surface area contributed by atoms with Crippen LogP contribution < -0.4 is 16.8 Å². The minimum Gasteiger partial charge on any atom is -0.351 e. The summed E-state index contributed by atoms with van der Waals surface area (Å²) in [6.45, 7) is 0.453. The molecule has 5 heteroatoms. The highest BCUT2D eigenvalue weighted by molar-refractivity contribution is 5.87. The molecule has 72 valence electrons. The van der Waals surface area contributed by atoms with Gasteiger partial charge in [-0.25, -0.2) is 4.79 Å². The van der Waals surface area contributed by atoms with Crippen LogP contribution in [0.15, 0.2) is 24.3 Å². The third-order valence-corrected chi connectivity index (χ3v) is 1.43. The lowest BCUT2D eigenvalue weighted by molar-refractivity contribution is 0.259. The number of nitrogens with one attached hydrogen (secondary N) is 1. The zero-order valence-corrected chi connectivity index (χ0v) is 7.80. The third kappa shape index (κ3) is 3.78. The molecule has 0 spiro atoms. The Morgan fingerprint density at radius 2 is 2.15 bits per heavy atom. The van der Waals surface area contributed by atoms with Gasteiger partial charge in [-0.15, -0.1) is 12.4 Å². The van der Waals surface area contributed by atoms with Gasteiger partial charge in [0, 0.05) is 12.2 Å². The van der Waals surface area contributed by atoms with Gasteiger partial charge < -0.3 is 16.8 Å². The molecule has 5 N–H and O–H groups in total. The van der Waals surface area contributed by atoms with Crippen molar-refractivity contribution in [2.24, 2.45) is 11.5 Å². The largest absolute Gasteiger partial charge is 0.351 e. The second-order valence-electron chi connectivity index (χ2n) is 2.39. The molecule has 0 unspecified atom stereocenters. The predicted octanol–water partition coefficient (Wildman–Crippen LogP) is 1.06. The summed E-state index contributed by atoms with van der Waals surface area (Å²) >= 11 is 0. The Bertz CT molecular complexity index is 290. The van der Waals surface area contributed by atoms with E-state index in [1.807, 2.05) is 12.1 Å². The van der Waals surface area contributed by atoms with Crippen LogP contribution in [0.5, 0.6) is 0 Å². The van der Waals surface area contributed by atoms with Crippen molar-refractivity contribution in [1.82, 2.24) is 0 Å². The average molecular weight is 202 g/mol. The number of nitrogens with two attached hydrogens (primary N) is 2. The number of primary amides is 1. The van der Waals surface area contributed by atoms with Crippen LogP contribution in [-0.4, -0.2) is 6.03 Å². The van der Waals surface area contributed by atoms with Crippen LogP contribution in [0.2, 0.25) is 0 Å². The zero-order valence-electron chi connectivity index (χ0n) is 6.99. The molecule has 0 radical (unpaired) electrons. The number of hydrogen-bond acceptors (Lipinski definition) is 2. The fourth-order valence-corrected chi connectivity index (χ4v) is 0.918. The highest BCUT2D eigenvalue weighted by Crippen LogP contribution is 2.09. The standard InChI is InChI=1S/C8H11N3O.ClH/c9-5-6-2-1-3-7(4-6)11-8(10)12;/h1-4H,5,9H2,(H3,10,11,12);1H. The summed E-state index contributed by atoms with van der Waals surface area (Å²) in [5.74, 6) is 0. The van der Waals surface area contributed by atoms with Gasteiger partial charge in [0.15, 0.2) is 0 Å². The van der Waals surface area contributed by atoms with Crippen molar-refractivity contribution in [3.05, 3.63) is 29.8 Å². The van der Waals surface area contributed by atoms with Crippen LogP contribution in [0.4, 0.5) is 10.5 Å². The maximum Gasteiger partial charge on any atom is 0.316 e. The molecule has 0 heterocycles. The number of carbonyl (C=O) groups excluding carboxylic acids is 1. The lowest BCUT2D eigenvalue weighted by Crippen LogP contribution is -2.19. The van der Waals surface area contributed by atoms with E-state index in [2.05, 4.69) is 5.32 Å². The summed E-state index contributed by atoms with van der Waals surface area (Å²) in [7, 11) is 0. The minimum absolute atomic E-state index is 0. The number of amides is 2. The summed E-state index contributed by atoms with van der Waals surface area (Å²) < 4.78 is 0. The topological polar surface area (TPSA) is 81.1 Å². The molecule has 0 fully saturated rings. The number of rotatable bonds is 2. The third-order valence-electron chi connectivity index (χ3n) is 1.43. The quantitative estimate of drug-likeness (QED) is 0.669. The molecule has 0 aliphatic carbocycles. The van der Waals surface area contributed by atoms with E-state index in [0.717, 1.165) is 5.56 Å². The summed E-state index contributed by atoms with van der Waals surface area (Å²) in [6, 6.07) is 6.66. The van der Waals surface area contributed by atoms with E-state index in [-0.39, 0.29) is 12.4 Å². The lowest BCUT2D eigenvalue weighted by Gasteiger charge is -2.02. The molecule has 0 saturated heterocycles. The molecule has 1 rings (SSSR count). The molecule has 2 amide bonds. The maximum atomic E-state index is 10.4. The van der Waals surface area contributed by atoms with Crippen molar-refractivity contribution in [2.45, 2.75) is 6.54 Å². The van der Waals surface area contributed by atoms with Crippen molar-refractivity contribution in [3.63, 3.8) is 0 Å². The molecule has 13 heavy (non-hydrogen) atoms. The molecule has 0 aliphatic rings. The molecule has 1 aromatic carbocycles. The van der Waals surface area contributed by atoms with Crippen molar-refractivity contribution in [2.75, 3.05) is 5.32 Å². The van der Waals surface area contributed by atoms with Crippen molar-refractivity contribution >= 4 is 24.1 Å². The number of anilines is 1. The molecule has 0 atom stereocenters. The van der Waals surface area contributed by atoms with Crippen molar-refractivity contribution in [1.29, 1.82) is 0 Å². The monoisotopic (exact) mass is 201 g/mol. The van der Waals surface area contributed by atoms with Gasteiger partial charge in [-0.2, -0.15) is 0 Å². The normalized spacial score (nSPS) is 8.69. The number of halogens is 1. The first kappa shape index (κ1) is 11.7. The molecule has 0 bridgehead atoms. The highest BCUT2D eigenvalue weighted by atomic mass is 35.5.